The standard InChI is InChI=1S/C9H9N7O2/c10-4-1-2-6(5(11)3-4)13-15-9-12-7(8(17)18)14-16-9/h1-3H,10-11H2,(H,17,18)(H,12,14,16). The molecule has 9 heteroatoms. The number of aromatic amines is 1. The van der Waals surface area contributed by atoms with Crippen molar-refractivity contribution in [3.63, 3.8) is 0 Å². The lowest BCUT2D eigenvalue weighted by Crippen LogP contribution is -1.98. The SMILES string of the molecule is Nc1ccc(N=Nc2n[nH]c(C(=O)O)n2)c(N)c1. The second-order valence-electron chi connectivity index (χ2n) is 3.31. The van der Waals surface area contributed by atoms with Crippen molar-refractivity contribution in [1.29, 1.82) is 0 Å². The Morgan fingerprint density at radius 1 is 1.33 bits per heavy atom. The van der Waals surface area contributed by atoms with Gasteiger partial charge in [-0.15, -0.1) is 15.3 Å². The van der Waals surface area contributed by atoms with Gasteiger partial charge >= 0.3 is 5.97 Å². The molecular formula is C9H9N7O2. The van der Waals surface area contributed by atoms with Gasteiger partial charge in [0.15, 0.2) is 0 Å². The van der Waals surface area contributed by atoms with E-state index in [0.717, 1.165) is 0 Å². The molecule has 0 aliphatic carbocycles. The summed E-state index contributed by atoms with van der Waals surface area (Å²) in [6.07, 6.45) is 0. The maximum atomic E-state index is 10.5. The summed E-state index contributed by atoms with van der Waals surface area (Å²) in [6, 6.07) is 4.74. The number of anilines is 2. The first-order valence-corrected chi connectivity index (χ1v) is 4.78. The van der Waals surface area contributed by atoms with Crippen molar-refractivity contribution < 1.29 is 9.90 Å². The van der Waals surface area contributed by atoms with Crippen LogP contribution in [-0.4, -0.2) is 26.3 Å². The van der Waals surface area contributed by atoms with E-state index in [9.17, 15) is 4.79 Å². The molecule has 0 aliphatic heterocycles. The molecule has 2 aromatic rings. The van der Waals surface area contributed by atoms with Crippen LogP contribution in [0.25, 0.3) is 0 Å². The quantitative estimate of drug-likeness (QED) is 0.469. The number of nitrogens with zero attached hydrogens (tertiary/aromatic N) is 4. The van der Waals surface area contributed by atoms with Gasteiger partial charge in [-0.2, -0.15) is 4.98 Å². The number of nitrogens with one attached hydrogen (secondary N) is 1. The number of hydrogen-bond acceptors (Lipinski definition) is 7. The van der Waals surface area contributed by atoms with E-state index in [2.05, 4.69) is 25.4 Å². The smallest absolute Gasteiger partial charge is 0.373 e. The fraction of sp³-hybridized carbons (Fsp3) is 0. The molecule has 0 atom stereocenters. The summed E-state index contributed by atoms with van der Waals surface area (Å²) in [7, 11) is 0. The van der Waals surface area contributed by atoms with Gasteiger partial charge in [0.2, 0.25) is 5.82 Å². The molecule has 0 spiro atoms. The highest BCUT2D eigenvalue weighted by Gasteiger charge is 2.08. The molecule has 0 amide bonds. The molecule has 2 rings (SSSR count). The Balaban J connectivity index is 2.21. The van der Waals surface area contributed by atoms with Gasteiger partial charge in [0.05, 0.1) is 5.69 Å². The Morgan fingerprint density at radius 3 is 2.72 bits per heavy atom. The summed E-state index contributed by atoms with van der Waals surface area (Å²) in [5, 5.41) is 21.8. The molecule has 0 saturated heterocycles. The molecule has 0 unspecified atom stereocenters. The van der Waals surface area contributed by atoms with E-state index < -0.39 is 5.97 Å². The Bertz CT molecular complexity index is 619. The summed E-state index contributed by atoms with van der Waals surface area (Å²) >= 11 is 0. The van der Waals surface area contributed by atoms with Crippen molar-refractivity contribution in [1.82, 2.24) is 15.2 Å². The third kappa shape index (κ3) is 2.40. The van der Waals surface area contributed by atoms with Crippen molar-refractivity contribution in [3.05, 3.63) is 24.0 Å². The van der Waals surface area contributed by atoms with E-state index in [-0.39, 0.29) is 11.8 Å². The van der Waals surface area contributed by atoms with Gasteiger partial charge in [-0.05, 0) is 18.2 Å². The highest BCUT2D eigenvalue weighted by atomic mass is 16.4. The van der Waals surface area contributed by atoms with Crippen molar-refractivity contribution in [2.75, 3.05) is 11.5 Å². The first-order chi connectivity index (χ1) is 8.56. The van der Waals surface area contributed by atoms with Gasteiger partial charge in [-0.3, -0.25) is 5.10 Å². The molecule has 0 fully saturated rings. The number of azo groups is 1. The fourth-order valence-electron chi connectivity index (χ4n) is 1.16. The lowest BCUT2D eigenvalue weighted by atomic mass is 10.2. The number of carbonyl (C=O) groups is 1. The lowest BCUT2D eigenvalue weighted by Gasteiger charge is -1.98. The number of nitrogen functional groups attached to an aromatic ring is 2. The Kier molecular flexibility index (Phi) is 2.87. The zero-order valence-corrected chi connectivity index (χ0v) is 9.03. The number of benzene rings is 1. The number of carboxylic acid groups (broad SMARTS) is 1. The summed E-state index contributed by atoms with van der Waals surface area (Å²) in [4.78, 5) is 14.1. The van der Waals surface area contributed by atoms with Crippen LogP contribution in [-0.2, 0) is 0 Å². The zero-order valence-electron chi connectivity index (χ0n) is 9.03. The van der Waals surface area contributed by atoms with Crippen LogP contribution in [0, 0.1) is 0 Å². The average Bonchev–Trinajstić information content (AvgIpc) is 2.76. The Hall–Kier alpha value is -2.97. The van der Waals surface area contributed by atoms with E-state index in [1.54, 1.807) is 12.1 Å². The molecule has 0 aliphatic rings. The van der Waals surface area contributed by atoms with Gasteiger partial charge in [0.25, 0.3) is 5.95 Å². The van der Waals surface area contributed by atoms with E-state index in [1.165, 1.54) is 6.07 Å². The molecule has 0 bridgehead atoms. The average molecular weight is 247 g/mol. The third-order valence-electron chi connectivity index (χ3n) is 1.97. The third-order valence-corrected chi connectivity index (χ3v) is 1.97. The minimum absolute atomic E-state index is 0.0939. The van der Waals surface area contributed by atoms with Gasteiger partial charge in [-0.25, -0.2) is 4.79 Å². The minimum atomic E-state index is -1.23. The minimum Gasteiger partial charge on any atom is -0.475 e. The van der Waals surface area contributed by atoms with Crippen molar-refractivity contribution in [2.24, 2.45) is 10.2 Å². The maximum absolute atomic E-state index is 10.5. The molecule has 18 heavy (non-hydrogen) atoms. The summed E-state index contributed by atoms with van der Waals surface area (Å²) in [5.41, 5.74) is 12.4. The van der Waals surface area contributed by atoms with Gasteiger partial charge < -0.3 is 16.6 Å². The first kappa shape index (κ1) is 11.5. The number of H-pyrrole nitrogens is 1. The van der Waals surface area contributed by atoms with Crippen LogP contribution in [0.15, 0.2) is 28.4 Å². The molecular weight excluding hydrogens is 238 g/mol. The lowest BCUT2D eigenvalue weighted by molar-refractivity contribution is 0.0684. The van der Waals surface area contributed by atoms with Crippen LogP contribution in [0.4, 0.5) is 23.0 Å². The van der Waals surface area contributed by atoms with Crippen LogP contribution in [0.1, 0.15) is 10.6 Å². The second kappa shape index (κ2) is 4.49. The number of hydrogen-bond donors (Lipinski definition) is 4. The van der Waals surface area contributed by atoms with Crippen LogP contribution in [0.5, 0.6) is 0 Å². The van der Waals surface area contributed by atoms with Gasteiger partial charge in [0, 0.05) is 5.69 Å². The molecule has 9 nitrogen and oxygen atoms in total. The van der Waals surface area contributed by atoms with Crippen molar-refractivity contribution in [3.8, 4) is 0 Å². The van der Waals surface area contributed by atoms with E-state index >= 15 is 0 Å². The Morgan fingerprint density at radius 2 is 2.11 bits per heavy atom. The zero-order chi connectivity index (χ0) is 13.1. The normalized spacial score (nSPS) is 10.9. The largest absolute Gasteiger partial charge is 0.475 e. The molecule has 1 heterocycles. The van der Waals surface area contributed by atoms with Gasteiger partial charge in [-0.1, -0.05) is 0 Å². The number of aromatic carboxylic acids is 1. The van der Waals surface area contributed by atoms with Crippen LogP contribution in [0.2, 0.25) is 0 Å². The summed E-state index contributed by atoms with van der Waals surface area (Å²) < 4.78 is 0. The monoisotopic (exact) mass is 247 g/mol. The highest BCUT2D eigenvalue weighted by Crippen LogP contribution is 2.25. The predicted molar refractivity (Wildman–Crippen MR) is 62.8 cm³/mol. The second-order valence-corrected chi connectivity index (χ2v) is 3.31. The predicted octanol–water partition coefficient (Wildman–Crippen LogP) is 1.08. The number of rotatable bonds is 3. The van der Waals surface area contributed by atoms with Crippen LogP contribution in [0.3, 0.4) is 0 Å². The molecule has 1 aromatic heterocycles. The summed E-state index contributed by atoms with van der Waals surface area (Å²) in [6.45, 7) is 0. The number of aromatic nitrogens is 3. The summed E-state index contributed by atoms with van der Waals surface area (Å²) in [5.74, 6) is -1.63. The first-order valence-electron chi connectivity index (χ1n) is 4.78. The van der Waals surface area contributed by atoms with Crippen molar-refractivity contribution in [2.45, 2.75) is 0 Å². The molecule has 0 saturated carbocycles. The number of carboxylic acids is 1. The molecule has 6 N–H and O–H groups in total. The van der Waals surface area contributed by atoms with Crippen LogP contribution >= 0.6 is 0 Å². The Labute approximate surface area is 101 Å². The van der Waals surface area contributed by atoms with Crippen LogP contribution < -0.4 is 11.5 Å². The highest BCUT2D eigenvalue weighted by molar-refractivity contribution is 5.83. The van der Waals surface area contributed by atoms with E-state index in [1.807, 2.05) is 0 Å². The van der Waals surface area contributed by atoms with E-state index in [0.29, 0.717) is 17.1 Å². The molecule has 92 valence electrons. The van der Waals surface area contributed by atoms with E-state index in [4.69, 9.17) is 16.6 Å². The van der Waals surface area contributed by atoms with Crippen molar-refractivity contribution >= 4 is 29.0 Å². The maximum Gasteiger partial charge on any atom is 0.373 e. The molecule has 1 aromatic carbocycles. The fourth-order valence-corrected chi connectivity index (χ4v) is 1.16. The molecule has 0 radical (unpaired) electrons. The van der Waals surface area contributed by atoms with Gasteiger partial charge in [0.1, 0.15) is 5.69 Å². The topological polar surface area (TPSA) is 156 Å². The number of nitrogens with two attached hydrogens (primary N) is 2.